The molecule has 0 aliphatic carbocycles. The molecule has 29 heavy (non-hydrogen) atoms. The molecule has 154 valence electrons. The maximum atomic E-state index is 14.3. The predicted octanol–water partition coefficient (Wildman–Crippen LogP) is 2.97. The minimum Gasteiger partial charge on any atom is -0.350 e. The predicted molar refractivity (Wildman–Crippen MR) is 109 cm³/mol. The summed E-state index contributed by atoms with van der Waals surface area (Å²) in [5.41, 5.74) is 0.0573. The van der Waals surface area contributed by atoms with Crippen molar-refractivity contribution in [3.8, 4) is 0 Å². The van der Waals surface area contributed by atoms with Gasteiger partial charge >= 0.3 is 0 Å². The van der Waals surface area contributed by atoms with Gasteiger partial charge in [-0.3, -0.25) is 14.3 Å². The smallest absolute Gasteiger partial charge is 0.255 e. The fourth-order valence-electron chi connectivity index (χ4n) is 2.71. The zero-order chi connectivity index (χ0) is 21.3. The lowest BCUT2D eigenvalue weighted by atomic mass is 10.1. The van der Waals surface area contributed by atoms with E-state index in [9.17, 15) is 14.0 Å². The molecule has 0 saturated heterocycles. The number of halogens is 3. The number of rotatable bonds is 6. The Hall–Kier alpha value is -2.46. The molecule has 11 heteroatoms. The molecule has 3 aromatic heterocycles. The van der Waals surface area contributed by atoms with E-state index in [0.717, 1.165) is 4.47 Å². The largest absolute Gasteiger partial charge is 0.350 e. The van der Waals surface area contributed by atoms with Crippen LogP contribution < -0.4 is 10.6 Å². The zero-order valence-electron chi connectivity index (χ0n) is 15.9. The number of carbonyl (C=O) groups excluding carboxylic acids is 2. The molecule has 2 N–H and O–H groups in total. The van der Waals surface area contributed by atoms with Gasteiger partial charge < -0.3 is 10.6 Å². The number of nitrogens with zero attached hydrogens (tertiary/aromatic N) is 4. The van der Waals surface area contributed by atoms with E-state index >= 15 is 0 Å². The van der Waals surface area contributed by atoms with E-state index in [1.165, 1.54) is 27.7 Å². The average Bonchev–Trinajstić information content (AvgIpc) is 3.30. The fraction of sp³-hybridized carbons (Fsp3) is 0.333. The second kappa shape index (κ2) is 8.50. The molecule has 0 bridgehead atoms. The van der Waals surface area contributed by atoms with E-state index < -0.39 is 23.8 Å². The highest BCUT2D eigenvalue weighted by Crippen LogP contribution is 2.22. The van der Waals surface area contributed by atoms with Crippen molar-refractivity contribution < 1.29 is 14.0 Å². The first-order chi connectivity index (χ1) is 13.7. The first-order valence-electron chi connectivity index (χ1n) is 8.81. The number of fused-ring (bicyclic) bond motifs is 1. The van der Waals surface area contributed by atoms with E-state index in [1.54, 1.807) is 33.2 Å². The van der Waals surface area contributed by atoms with Gasteiger partial charge in [-0.25, -0.2) is 8.91 Å². The van der Waals surface area contributed by atoms with Gasteiger partial charge in [-0.2, -0.15) is 10.2 Å². The Morgan fingerprint density at radius 2 is 1.86 bits per heavy atom. The van der Waals surface area contributed by atoms with Gasteiger partial charge in [0.1, 0.15) is 11.6 Å². The number of aromatic nitrogens is 4. The van der Waals surface area contributed by atoms with Crippen LogP contribution >= 0.6 is 27.5 Å². The van der Waals surface area contributed by atoms with Crippen LogP contribution in [0.5, 0.6) is 0 Å². The van der Waals surface area contributed by atoms with E-state index in [4.69, 9.17) is 11.6 Å². The lowest BCUT2D eigenvalue weighted by molar-refractivity contribution is -0.124. The third-order valence-electron chi connectivity index (χ3n) is 4.64. The number of hydrogen-bond acceptors (Lipinski definition) is 4. The maximum absolute atomic E-state index is 14.3. The molecule has 0 radical (unpaired) electrons. The van der Waals surface area contributed by atoms with Gasteiger partial charge in [0, 0.05) is 24.5 Å². The SMILES string of the molecule is CC(NC(=O)c1cnn2ccc(Cl)c(F)c12)C(C)NC(=O)C(C)n1cc(Br)cn1. The fourth-order valence-corrected chi connectivity index (χ4v) is 3.16. The minimum atomic E-state index is -0.718. The molecule has 0 aromatic carbocycles. The lowest BCUT2D eigenvalue weighted by Crippen LogP contribution is -2.49. The molecule has 2 amide bonds. The molecule has 3 rings (SSSR count). The summed E-state index contributed by atoms with van der Waals surface area (Å²) in [6.45, 7) is 5.23. The van der Waals surface area contributed by atoms with Crippen molar-refractivity contribution in [3.63, 3.8) is 0 Å². The lowest BCUT2D eigenvalue weighted by Gasteiger charge is -2.24. The van der Waals surface area contributed by atoms with Crippen LogP contribution in [0.2, 0.25) is 5.02 Å². The number of carbonyl (C=O) groups is 2. The Morgan fingerprint density at radius 3 is 2.52 bits per heavy atom. The molecule has 0 saturated carbocycles. The topological polar surface area (TPSA) is 93.3 Å². The number of hydrogen-bond donors (Lipinski definition) is 2. The summed E-state index contributed by atoms with van der Waals surface area (Å²) < 4.78 is 17.9. The van der Waals surface area contributed by atoms with Crippen molar-refractivity contribution in [1.29, 1.82) is 0 Å². The minimum absolute atomic E-state index is 0.00299. The van der Waals surface area contributed by atoms with Crippen LogP contribution in [-0.2, 0) is 4.79 Å². The Kier molecular flexibility index (Phi) is 6.23. The summed E-state index contributed by atoms with van der Waals surface area (Å²) in [7, 11) is 0. The third kappa shape index (κ3) is 4.43. The Bertz CT molecular complexity index is 1070. The summed E-state index contributed by atoms with van der Waals surface area (Å²) >= 11 is 9.10. The number of amides is 2. The van der Waals surface area contributed by atoms with Crippen molar-refractivity contribution >= 4 is 44.9 Å². The summed E-state index contributed by atoms with van der Waals surface area (Å²) in [5, 5.41) is 13.6. The van der Waals surface area contributed by atoms with Crippen LogP contribution in [0.15, 0.2) is 35.3 Å². The summed E-state index contributed by atoms with van der Waals surface area (Å²) in [5.74, 6) is -1.48. The van der Waals surface area contributed by atoms with Gasteiger partial charge in [0.2, 0.25) is 5.91 Å². The quantitative estimate of drug-likeness (QED) is 0.561. The standard InChI is InChI=1S/C18H19BrClFN6O2/c1-9(24-17(28)11(3)27-8-12(19)6-22-27)10(2)25-18(29)13-7-23-26-5-4-14(20)15(21)16(13)26/h4-11H,1-3H3,(H,24,28)(H,25,29). The van der Waals surface area contributed by atoms with Crippen molar-refractivity contribution in [2.75, 3.05) is 0 Å². The van der Waals surface area contributed by atoms with E-state index in [2.05, 4.69) is 36.8 Å². The van der Waals surface area contributed by atoms with Gasteiger partial charge in [0.15, 0.2) is 5.82 Å². The van der Waals surface area contributed by atoms with Gasteiger partial charge in [0.05, 0.1) is 27.5 Å². The molecule has 3 heterocycles. The maximum Gasteiger partial charge on any atom is 0.255 e. The number of nitrogens with one attached hydrogen (secondary N) is 2. The molecule has 3 atom stereocenters. The average molecular weight is 486 g/mol. The van der Waals surface area contributed by atoms with Gasteiger partial charge in [0.25, 0.3) is 5.91 Å². The second-order valence-electron chi connectivity index (χ2n) is 6.70. The Morgan fingerprint density at radius 1 is 1.17 bits per heavy atom. The van der Waals surface area contributed by atoms with Crippen LogP contribution in [0.4, 0.5) is 4.39 Å². The zero-order valence-corrected chi connectivity index (χ0v) is 18.2. The molecule has 0 aliphatic rings. The van der Waals surface area contributed by atoms with Crippen LogP contribution in [0.3, 0.4) is 0 Å². The normalized spacial score (nSPS) is 14.4. The highest BCUT2D eigenvalue weighted by Gasteiger charge is 2.24. The summed E-state index contributed by atoms with van der Waals surface area (Å²) in [4.78, 5) is 25.1. The van der Waals surface area contributed by atoms with Crippen LogP contribution in [0, 0.1) is 5.82 Å². The van der Waals surface area contributed by atoms with Crippen molar-refractivity contribution in [2.45, 2.75) is 38.9 Å². The molecular formula is C18H19BrClFN6O2. The van der Waals surface area contributed by atoms with Crippen molar-refractivity contribution in [1.82, 2.24) is 30.0 Å². The van der Waals surface area contributed by atoms with Crippen LogP contribution in [-0.4, -0.2) is 43.3 Å². The molecule has 0 spiro atoms. The molecular weight excluding hydrogens is 467 g/mol. The van der Waals surface area contributed by atoms with Crippen molar-refractivity contribution in [3.05, 3.63) is 51.7 Å². The van der Waals surface area contributed by atoms with Crippen LogP contribution in [0.25, 0.3) is 5.52 Å². The highest BCUT2D eigenvalue weighted by molar-refractivity contribution is 9.10. The highest BCUT2D eigenvalue weighted by atomic mass is 79.9. The Balaban J connectivity index is 1.66. The molecule has 0 aliphatic heterocycles. The Labute approximate surface area is 179 Å². The summed E-state index contributed by atoms with van der Waals surface area (Å²) in [6.07, 6.45) is 6.04. The molecule has 3 unspecified atom stereocenters. The molecule has 0 fully saturated rings. The second-order valence-corrected chi connectivity index (χ2v) is 8.03. The number of pyridine rings is 1. The molecule has 8 nitrogen and oxygen atoms in total. The van der Waals surface area contributed by atoms with E-state index in [1.807, 2.05) is 0 Å². The van der Waals surface area contributed by atoms with Gasteiger partial charge in [-0.15, -0.1) is 0 Å². The third-order valence-corrected chi connectivity index (χ3v) is 5.35. The van der Waals surface area contributed by atoms with Crippen molar-refractivity contribution in [2.24, 2.45) is 0 Å². The first kappa shape index (κ1) is 21.3. The van der Waals surface area contributed by atoms with Gasteiger partial charge in [-0.05, 0) is 42.8 Å². The molecule has 3 aromatic rings. The monoisotopic (exact) mass is 484 g/mol. The van der Waals surface area contributed by atoms with E-state index in [0.29, 0.717) is 0 Å². The van der Waals surface area contributed by atoms with Gasteiger partial charge in [-0.1, -0.05) is 11.6 Å². The van der Waals surface area contributed by atoms with E-state index in [-0.39, 0.29) is 28.1 Å². The first-order valence-corrected chi connectivity index (χ1v) is 9.98. The van der Waals surface area contributed by atoms with Crippen LogP contribution in [0.1, 0.15) is 37.2 Å². The summed E-state index contributed by atoms with van der Waals surface area (Å²) in [6, 6.07) is 0.0175.